The fraction of sp³-hybridized carbons (Fsp3) is 0.667. The molecule has 0 spiro atoms. The first-order valence-corrected chi connectivity index (χ1v) is 8.00. The first-order valence-electron chi connectivity index (χ1n) is 7.18. The molecule has 1 saturated heterocycles. The summed E-state index contributed by atoms with van der Waals surface area (Å²) in [5.74, 6) is 0.106. The Bertz CT molecular complexity index is 441. The maximum Gasteiger partial charge on any atom is 0.264 e. The second kappa shape index (κ2) is 6.53. The van der Waals surface area contributed by atoms with Gasteiger partial charge in [-0.05, 0) is 44.2 Å². The molecule has 1 aromatic heterocycles. The van der Waals surface area contributed by atoms with E-state index in [1.165, 1.54) is 10.4 Å². The molecule has 1 atom stereocenters. The van der Waals surface area contributed by atoms with E-state index >= 15 is 0 Å². The van der Waals surface area contributed by atoms with Crippen molar-refractivity contribution in [2.24, 2.45) is 0 Å². The van der Waals surface area contributed by atoms with Crippen LogP contribution in [0, 0.1) is 6.92 Å². The van der Waals surface area contributed by atoms with Crippen LogP contribution in [0.3, 0.4) is 0 Å². The molecular formula is C15H23NO2S. The van der Waals surface area contributed by atoms with Gasteiger partial charge >= 0.3 is 0 Å². The molecule has 2 rings (SSSR count). The molecule has 0 aliphatic carbocycles. The van der Waals surface area contributed by atoms with Crippen molar-refractivity contribution in [1.29, 1.82) is 0 Å². The zero-order chi connectivity index (χ0) is 13.8. The summed E-state index contributed by atoms with van der Waals surface area (Å²) in [6, 6.07) is 2.06. The number of amides is 1. The van der Waals surface area contributed by atoms with Gasteiger partial charge in [0, 0.05) is 11.4 Å². The third kappa shape index (κ3) is 3.18. The number of hydrogen-bond acceptors (Lipinski definition) is 3. The van der Waals surface area contributed by atoms with Gasteiger partial charge in [0.1, 0.15) is 0 Å². The van der Waals surface area contributed by atoms with E-state index in [-0.39, 0.29) is 18.6 Å². The maximum atomic E-state index is 12.6. The monoisotopic (exact) mass is 281 g/mol. The number of carbonyl (C=O) groups excluding carboxylic acids is 1. The Hall–Kier alpha value is -0.870. The molecule has 3 nitrogen and oxygen atoms in total. The Labute approximate surface area is 119 Å². The molecule has 106 valence electrons. The van der Waals surface area contributed by atoms with Gasteiger partial charge in [0.25, 0.3) is 5.91 Å². The van der Waals surface area contributed by atoms with Gasteiger partial charge in [-0.2, -0.15) is 0 Å². The molecule has 1 aliphatic rings. The summed E-state index contributed by atoms with van der Waals surface area (Å²) in [4.78, 5) is 16.5. The van der Waals surface area contributed by atoms with E-state index in [0.717, 1.165) is 43.5 Å². The van der Waals surface area contributed by atoms with Gasteiger partial charge in [0.15, 0.2) is 0 Å². The highest BCUT2D eigenvalue weighted by Gasteiger charge is 2.28. The zero-order valence-electron chi connectivity index (χ0n) is 11.8. The number of likely N-dealkylation sites (tertiary alicyclic amines) is 1. The fourth-order valence-electron chi connectivity index (χ4n) is 2.74. The number of rotatable bonds is 4. The van der Waals surface area contributed by atoms with Crippen molar-refractivity contribution in [2.45, 2.75) is 52.0 Å². The van der Waals surface area contributed by atoms with Gasteiger partial charge in [0.05, 0.1) is 17.5 Å². The summed E-state index contributed by atoms with van der Waals surface area (Å²) in [6.45, 7) is 5.11. The molecule has 1 aliphatic heterocycles. The number of aryl methyl sites for hydroxylation is 2. The highest BCUT2D eigenvalue weighted by Crippen LogP contribution is 2.26. The van der Waals surface area contributed by atoms with E-state index in [1.54, 1.807) is 11.3 Å². The summed E-state index contributed by atoms with van der Waals surface area (Å²) in [7, 11) is 0. The number of thiophene rings is 1. The molecular weight excluding hydrogens is 258 g/mol. The Balaban J connectivity index is 2.16. The first-order chi connectivity index (χ1) is 9.17. The van der Waals surface area contributed by atoms with E-state index in [2.05, 4.69) is 19.9 Å². The van der Waals surface area contributed by atoms with Crippen LogP contribution in [0.15, 0.2) is 6.07 Å². The van der Waals surface area contributed by atoms with Crippen molar-refractivity contribution < 1.29 is 9.90 Å². The van der Waals surface area contributed by atoms with E-state index in [9.17, 15) is 9.90 Å². The normalized spacial score (nSPS) is 19.7. The summed E-state index contributed by atoms with van der Waals surface area (Å²) in [5, 5.41) is 9.41. The lowest BCUT2D eigenvalue weighted by Gasteiger charge is -2.34. The topological polar surface area (TPSA) is 40.5 Å². The number of hydrogen-bond donors (Lipinski definition) is 1. The summed E-state index contributed by atoms with van der Waals surface area (Å²) in [5.41, 5.74) is 1.30. The average Bonchev–Trinajstić information content (AvgIpc) is 2.80. The molecule has 1 N–H and O–H groups in total. The third-order valence-electron chi connectivity index (χ3n) is 3.85. The van der Waals surface area contributed by atoms with Crippen LogP contribution in [0.25, 0.3) is 0 Å². The minimum atomic E-state index is 0.0123. The molecule has 1 fully saturated rings. The first kappa shape index (κ1) is 14.5. The molecule has 4 heteroatoms. The van der Waals surface area contributed by atoms with Crippen LogP contribution in [-0.4, -0.2) is 35.1 Å². The van der Waals surface area contributed by atoms with Crippen LogP contribution in [0.2, 0.25) is 0 Å². The number of piperidine rings is 1. The van der Waals surface area contributed by atoms with Crippen LogP contribution in [-0.2, 0) is 6.42 Å². The molecule has 19 heavy (non-hydrogen) atoms. The maximum absolute atomic E-state index is 12.6. The van der Waals surface area contributed by atoms with Gasteiger partial charge < -0.3 is 10.0 Å². The van der Waals surface area contributed by atoms with E-state index in [0.29, 0.717) is 0 Å². The van der Waals surface area contributed by atoms with Crippen LogP contribution in [0.1, 0.15) is 52.7 Å². The second-order valence-electron chi connectivity index (χ2n) is 5.27. The number of carbonyl (C=O) groups is 1. The van der Waals surface area contributed by atoms with Gasteiger partial charge in [-0.15, -0.1) is 11.3 Å². The molecule has 1 unspecified atom stereocenters. The second-order valence-corrected chi connectivity index (χ2v) is 6.53. The average molecular weight is 281 g/mol. The number of nitrogens with zero attached hydrogens (tertiary/aromatic N) is 1. The fourth-order valence-corrected chi connectivity index (χ4v) is 3.77. The van der Waals surface area contributed by atoms with Crippen LogP contribution in [0.4, 0.5) is 0 Å². The number of aliphatic hydroxyl groups is 1. The highest BCUT2D eigenvalue weighted by molar-refractivity contribution is 7.14. The highest BCUT2D eigenvalue weighted by atomic mass is 32.1. The van der Waals surface area contributed by atoms with Crippen molar-refractivity contribution >= 4 is 17.2 Å². The minimum absolute atomic E-state index is 0.0123. The Kier molecular flexibility index (Phi) is 4.99. The summed E-state index contributed by atoms with van der Waals surface area (Å²) < 4.78 is 0. The lowest BCUT2D eigenvalue weighted by molar-refractivity contribution is 0.0507. The lowest BCUT2D eigenvalue weighted by atomic mass is 10.0. The third-order valence-corrected chi connectivity index (χ3v) is 4.93. The quantitative estimate of drug-likeness (QED) is 0.921. The smallest absolute Gasteiger partial charge is 0.264 e. The molecule has 0 radical (unpaired) electrons. The van der Waals surface area contributed by atoms with Crippen LogP contribution >= 0.6 is 11.3 Å². The van der Waals surface area contributed by atoms with E-state index in [1.807, 2.05) is 4.90 Å². The predicted molar refractivity (Wildman–Crippen MR) is 78.8 cm³/mol. The SMILES string of the molecule is CCCc1cc(C(=O)N2CCCCC2CO)sc1C. The lowest BCUT2D eigenvalue weighted by Crippen LogP contribution is -2.45. The minimum Gasteiger partial charge on any atom is -0.394 e. The largest absolute Gasteiger partial charge is 0.394 e. The molecule has 1 aromatic rings. The summed E-state index contributed by atoms with van der Waals surface area (Å²) >= 11 is 1.60. The zero-order valence-corrected chi connectivity index (χ0v) is 12.6. The molecule has 0 aromatic carbocycles. The van der Waals surface area contributed by atoms with Gasteiger partial charge in [-0.1, -0.05) is 13.3 Å². The standard InChI is InChI=1S/C15H23NO2S/c1-3-6-12-9-14(19-11(12)2)15(18)16-8-5-4-7-13(16)10-17/h9,13,17H,3-8,10H2,1-2H3. The van der Waals surface area contributed by atoms with Crippen molar-refractivity contribution in [3.8, 4) is 0 Å². The summed E-state index contributed by atoms with van der Waals surface area (Å²) in [6.07, 6.45) is 5.23. The Morgan fingerprint density at radius 2 is 2.32 bits per heavy atom. The van der Waals surface area contributed by atoms with Crippen LogP contribution in [0.5, 0.6) is 0 Å². The predicted octanol–water partition coefficient (Wildman–Crippen LogP) is 3.00. The van der Waals surface area contributed by atoms with Crippen molar-refractivity contribution in [3.05, 3.63) is 21.4 Å². The van der Waals surface area contributed by atoms with Crippen molar-refractivity contribution in [1.82, 2.24) is 4.90 Å². The van der Waals surface area contributed by atoms with Crippen molar-refractivity contribution in [3.63, 3.8) is 0 Å². The molecule has 2 heterocycles. The van der Waals surface area contributed by atoms with Crippen molar-refractivity contribution in [2.75, 3.05) is 13.2 Å². The molecule has 0 saturated carbocycles. The van der Waals surface area contributed by atoms with Crippen LogP contribution < -0.4 is 0 Å². The molecule has 1 amide bonds. The van der Waals surface area contributed by atoms with E-state index < -0.39 is 0 Å². The Morgan fingerprint density at radius 1 is 1.53 bits per heavy atom. The Morgan fingerprint density at radius 3 is 3.00 bits per heavy atom. The number of aliphatic hydroxyl groups excluding tert-OH is 1. The van der Waals surface area contributed by atoms with Gasteiger partial charge in [-0.25, -0.2) is 0 Å². The van der Waals surface area contributed by atoms with Gasteiger partial charge in [-0.3, -0.25) is 4.79 Å². The molecule has 0 bridgehead atoms. The van der Waals surface area contributed by atoms with E-state index in [4.69, 9.17) is 0 Å². The van der Waals surface area contributed by atoms with Gasteiger partial charge in [0.2, 0.25) is 0 Å².